The van der Waals surface area contributed by atoms with E-state index in [0.717, 1.165) is 5.92 Å². The van der Waals surface area contributed by atoms with Gasteiger partial charge in [0.15, 0.2) is 0 Å². The second-order valence-electron chi connectivity index (χ2n) is 6.38. The zero-order valence-corrected chi connectivity index (χ0v) is 12.3. The lowest BCUT2D eigenvalue weighted by molar-refractivity contribution is 0.202. The number of likely N-dealkylation sites (tertiary alicyclic amines) is 1. The predicted octanol–water partition coefficient (Wildman–Crippen LogP) is 4.76. The van der Waals surface area contributed by atoms with E-state index >= 15 is 0 Å². The number of piperidine rings is 1. The van der Waals surface area contributed by atoms with Crippen LogP contribution >= 0.6 is 0 Å². The van der Waals surface area contributed by atoms with Gasteiger partial charge in [0.2, 0.25) is 0 Å². The highest BCUT2D eigenvalue weighted by molar-refractivity contribution is 5.28. The fourth-order valence-electron chi connectivity index (χ4n) is 3.73. The highest BCUT2D eigenvalue weighted by Gasteiger charge is 2.28. The normalized spacial score (nSPS) is 33.2. The first kappa shape index (κ1) is 13.7. The van der Waals surface area contributed by atoms with Crippen molar-refractivity contribution in [1.82, 2.24) is 4.90 Å². The molecule has 3 atom stereocenters. The van der Waals surface area contributed by atoms with Crippen LogP contribution in [0.15, 0.2) is 24.4 Å². The van der Waals surface area contributed by atoms with Crippen LogP contribution in [0.4, 0.5) is 0 Å². The highest BCUT2D eigenvalue weighted by atomic mass is 15.2. The molecule has 2 rings (SSSR count). The maximum atomic E-state index is 4.40. The van der Waals surface area contributed by atoms with Gasteiger partial charge in [0.25, 0.3) is 0 Å². The molecule has 0 aromatic heterocycles. The topological polar surface area (TPSA) is 3.24 Å². The molecule has 0 radical (unpaired) electrons. The fourth-order valence-corrected chi connectivity index (χ4v) is 3.73. The maximum Gasteiger partial charge on any atom is 0.0325 e. The number of hydrogen-bond acceptors (Lipinski definition) is 1. The third kappa shape index (κ3) is 2.81. The molecule has 1 saturated carbocycles. The molecule has 1 heteroatoms. The van der Waals surface area contributed by atoms with Crippen LogP contribution in [0.2, 0.25) is 0 Å². The molecule has 2 fully saturated rings. The molecule has 1 heterocycles. The minimum atomic E-state index is 0.655. The summed E-state index contributed by atoms with van der Waals surface area (Å²) in [5.41, 5.74) is 2.57. The van der Waals surface area contributed by atoms with Crippen LogP contribution in [0.25, 0.3) is 0 Å². The molecule has 0 aromatic rings. The number of allylic oxidation sites excluding steroid dienone is 1. The average molecular weight is 247 g/mol. The Hall–Kier alpha value is -0.720. The number of hydrogen-bond donors (Lipinski definition) is 0. The molecule has 0 aromatic carbocycles. The van der Waals surface area contributed by atoms with E-state index in [2.05, 4.69) is 31.9 Å². The summed E-state index contributed by atoms with van der Waals surface area (Å²) in [7, 11) is 0. The second-order valence-corrected chi connectivity index (χ2v) is 6.38. The zero-order valence-electron chi connectivity index (χ0n) is 12.3. The van der Waals surface area contributed by atoms with Gasteiger partial charge in [0.1, 0.15) is 0 Å². The third-order valence-corrected chi connectivity index (χ3v) is 5.08. The third-order valence-electron chi connectivity index (χ3n) is 5.08. The second kappa shape index (κ2) is 5.95. The van der Waals surface area contributed by atoms with Gasteiger partial charge in [0, 0.05) is 18.3 Å². The minimum Gasteiger partial charge on any atom is -0.369 e. The smallest absolute Gasteiger partial charge is 0.0325 e. The van der Waals surface area contributed by atoms with Crippen LogP contribution in [0.3, 0.4) is 0 Å². The van der Waals surface area contributed by atoms with Crippen molar-refractivity contribution < 1.29 is 0 Å². The van der Waals surface area contributed by atoms with Gasteiger partial charge in [-0.3, -0.25) is 0 Å². The summed E-state index contributed by atoms with van der Waals surface area (Å²) in [5, 5.41) is 0. The van der Waals surface area contributed by atoms with E-state index in [1.54, 1.807) is 0 Å². The van der Waals surface area contributed by atoms with E-state index < -0.39 is 0 Å². The first-order chi connectivity index (χ1) is 8.61. The average Bonchev–Trinajstić information content (AvgIpc) is 2.38. The zero-order chi connectivity index (χ0) is 13.1. The largest absolute Gasteiger partial charge is 0.369 e. The van der Waals surface area contributed by atoms with Gasteiger partial charge < -0.3 is 4.90 Å². The van der Waals surface area contributed by atoms with E-state index in [1.165, 1.54) is 62.8 Å². The quantitative estimate of drug-likeness (QED) is 0.650. The van der Waals surface area contributed by atoms with Crippen molar-refractivity contribution in [3.63, 3.8) is 0 Å². The van der Waals surface area contributed by atoms with Crippen molar-refractivity contribution in [1.29, 1.82) is 0 Å². The van der Waals surface area contributed by atoms with E-state index in [9.17, 15) is 0 Å². The summed E-state index contributed by atoms with van der Waals surface area (Å²) in [5.74, 6) is 1.48. The molecule has 1 nitrogen and oxygen atoms in total. The number of rotatable bonds is 3. The predicted molar refractivity (Wildman–Crippen MR) is 79.4 cm³/mol. The summed E-state index contributed by atoms with van der Waals surface area (Å²) in [4.78, 5) is 2.51. The standard InChI is InChI=1S/C17H29N/c1-13-9-5-6-11-17(13)15(3)16(4)18-12-8-7-10-14(18)2/h13-14,17H,3-12H2,1-2H3. The van der Waals surface area contributed by atoms with Crippen LogP contribution in [0.5, 0.6) is 0 Å². The van der Waals surface area contributed by atoms with Crippen molar-refractivity contribution in [2.45, 2.75) is 64.8 Å². The van der Waals surface area contributed by atoms with Crippen molar-refractivity contribution in [3.05, 3.63) is 24.4 Å². The van der Waals surface area contributed by atoms with Crippen molar-refractivity contribution in [2.24, 2.45) is 11.8 Å². The minimum absolute atomic E-state index is 0.655. The van der Waals surface area contributed by atoms with E-state index in [1.807, 2.05) is 0 Å². The molecule has 0 N–H and O–H groups in total. The SMILES string of the molecule is C=C(C(=C)N1CCCCC1C)C1CCCCC1C. The van der Waals surface area contributed by atoms with Crippen LogP contribution in [-0.4, -0.2) is 17.5 Å². The fraction of sp³-hybridized carbons (Fsp3) is 0.765. The lowest BCUT2D eigenvalue weighted by atomic mass is 9.75. The Kier molecular flexibility index (Phi) is 4.53. The maximum absolute atomic E-state index is 4.40. The molecule has 2 aliphatic rings. The summed E-state index contributed by atoms with van der Waals surface area (Å²) in [6, 6.07) is 0.655. The van der Waals surface area contributed by atoms with Crippen molar-refractivity contribution in [2.75, 3.05) is 6.54 Å². The monoisotopic (exact) mass is 247 g/mol. The van der Waals surface area contributed by atoms with E-state index in [4.69, 9.17) is 0 Å². The van der Waals surface area contributed by atoms with Gasteiger partial charge >= 0.3 is 0 Å². The molecule has 18 heavy (non-hydrogen) atoms. The Bertz CT molecular complexity index is 286. The molecule has 0 spiro atoms. The van der Waals surface area contributed by atoms with E-state index in [-0.39, 0.29) is 0 Å². The first-order valence-corrected chi connectivity index (χ1v) is 7.76. The molecule has 1 aliphatic carbocycles. The highest BCUT2D eigenvalue weighted by Crippen LogP contribution is 2.38. The van der Waals surface area contributed by atoms with Gasteiger partial charge in [-0.2, -0.15) is 0 Å². The Morgan fingerprint density at radius 2 is 1.61 bits per heavy atom. The Morgan fingerprint density at radius 1 is 0.944 bits per heavy atom. The van der Waals surface area contributed by atoms with Gasteiger partial charge in [0.05, 0.1) is 0 Å². The van der Waals surface area contributed by atoms with Crippen molar-refractivity contribution >= 4 is 0 Å². The molecular formula is C17H29N. The van der Waals surface area contributed by atoms with Crippen LogP contribution in [0, 0.1) is 11.8 Å². The molecule has 0 amide bonds. The van der Waals surface area contributed by atoms with Crippen molar-refractivity contribution in [3.8, 4) is 0 Å². The van der Waals surface area contributed by atoms with Gasteiger partial charge in [-0.1, -0.05) is 39.3 Å². The van der Waals surface area contributed by atoms with Crippen LogP contribution < -0.4 is 0 Å². The molecule has 1 saturated heterocycles. The van der Waals surface area contributed by atoms with Gasteiger partial charge in [-0.05, 0) is 50.0 Å². The Morgan fingerprint density at radius 3 is 2.28 bits per heavy atom. The van der Waals surface area contributed by atoms with Crippen LogP contribution in [0.1, 0.15) is 58.8 Å². The summed E-state index contributed by atoms with van der Waals surface area (Å²) < 4.78 is 0. The molecular weight excluding hydrogens is 218 g/mol. The Labute approximate surface area is 113 Å². The first-order valence-electron chi connectivity index (χ1n) is 7.76. The van der Waals surface area contributed by atoms with Gasteiger partial charge in [-0.25, -0.2) is 0 Å². The van der Waals surface area contributed by atoms with Gasteiger partial charge in [-0.15, -0.1) is 0 Å². The molecule has 1 aliphatic heterocycles. The summed E-state index contributed by atoms with van der Waals surface area (Å²) >= 11 is 0. The molecule has 0 bridgehead atoms. The van der Waals surface area contributed by atoms with Crippen LogP contribution in [-0.2, 0) is 0 Å². The lowest BCUT2D eigenvalue weighted by Crippen LogP contribution is -2.38. The summed E-state index contributed by atoms with van der Waals surface area (Å²) in [6.45, 7) is 14.7. The molecule has 3 unspecified atom stereocenters. The molecule has 102 valence electrons. The summed E-state index contributed by atoms with van der Waals surface area (Å²) in [6.07, 6.45) is 9.46. The Balaban J connectivity index is 2.01. The lowest BCUT2D eigenvalue weighted by Gasteiger charge is -2.40. The van der Waals surface area contributed by atoms with E-state index in [0.29, 0.717) is 12.0 Å². The number of nitrogens with zero attached hydrogens (tertiary/aromatic N) is 1.